The van der Waals surface area contributed by atoms with Crippen molar-refractivity contribution in [2.45, 2.75) is 71.8 Å². The van der Waals surface area contributed by atoms with Gasteiger partial charge in [-0.1, -0.05) is 36.8 Å². The summed E-state index contributed by atoms with van der Waals surface area (Å²) in [5, 5.41) is 13.7. The Labute approximate surface area is 222 Å². The van der Waals surface area contributed by atoms with Crippen LogP contribution in [0.5, 0.6) is 5.75 Å². The highest BCUT2D eigenvalue weighted by molar-refractivity contribution is 5.80. The summed E-state index contributed by atoms with van der Waals surface area (Å²) in [5.41, 5.74) is 3.77. The van der Waals surface area contributed by atoms with Crippen LogP contribution in [0.3, 0.4) is 0 Å². The number of pyridine rings is 1. The Hall–Kier alpha value is -3.56. The fourth-order valence-corrected chi connectivity index (χ4v) is 5.19. The molecule has 1 fully saturated rings. The molecule has 2 aromatic heterocycles. The SMILES string of the molecule is CCOc1ccc2[nH]c(=O)c(CN(Cc3ccc(C)cc3)[C@H](CC)c3nnnn3C[C@H]3CCCO3)cc2c1. The van der Waals surface area contributed by atoms with Gasteiger partial charge >= 0.3 is 0 Å². The van der Waals surface area contributed by atoms with Crippen LogP contribution in [-0.4, -0.2) is 49.4 Å². The molecule has 0 spiro atoms. The predicted octanol–water partition coefficient (Wildman–Crippen LogP) is 4.55. The molecule has 38 heavy (non-hydrogen) atoms. The van der Waals surface area contributed by atoms with Gasteiger partial charge in [0.2, 0.25) is 0 Å². The number of fused-ring (bicyclic) bond motifs is 1. The lowest BCUT2D eigenvalue weighted by Crippen LogP contribution is -2.33. The van der Waals surface area contributed by atoms with Crippen molar-refractivity contribution in [3.05, 3.63) is 81.4 Å². The van der Waals surface area contributed by atoms with Crippen molar-refractivity contribution in [1.82, 2.24) is 30.1 Å². The van der Waals surface area contributed by atoms with Gasteiger partial charge in [-0.15, -0.1) is 5.10 Å². The number of H-pyrrole nitrogens is 1. The molecular formula is C29H36N6O3. The van der Waals surface area contributed by atoms with Gasteiger partial charge < -0.3 is 14.5 Å². The van der Waals surface area contributed by atoms with Gasteiger partial charge in [0.05, 0.1) is 25.3 Å². The first-order chi connectivity index (χ1) is 18.5. The van der Waals surface area contributed by atoms with E-state index in [-0.39, 0.29) is 17.7 Å². The van der Waals surface area contributed by atoms with E-state index in [2.05, 4.69) is 63.5 Å². The second-order valence-electron chi connectivity index (χ2n) is 9.97. The number of aromatic nitrogens is 5. The average molecular weight is 517 g/mol. The molecule has 0 saturated carbocycles. The maximum absolute atomic E-state index is 13.2. The van der Waals surface area contributed by atoms with Crippen LogP contribution in [0.2, 0.25) is 0 Å². The zero-order chi connectivity index (χ0) is 26.5. The molecule has 9 nitrogen and oxygen atoms in total. The van der Waals surface area contributed by atoms with Crippen LogP contribution < -0.4 is 10.3 Å². The summed E-state index contributed by atoms with van der Waals surface area (Å²) in [6, 6.07) is 16.2. The van der Waals surface area contributed by atoms with Crippen molar-refractivity contribution in [3.63, 3.8) is 0 Å². The summed E-state index contributed by atoms with van der Waals surface area (Å²) in [4.78, 5) is 18.5. The summed E-state index contributed by atoms with van der Waals surface area (Å²) in [6.07, 6.45) is 2.99. The average Bonchev–Trinajstić information content (AvgIpc) is 3.59. The Balaban J connectivity index is 1.49. The molecule has 1 N–H and O–H groups in total. The molecule has 9 heteroatoms. The highest BCUT2D eigenvalue weighted by Gasteiger charge is 2.28. The lowest BCUT2D eigenvalue weighted by atomic mass is 10.1. The molecule has 5 rings (SSSR count). The van der Waals surface area contributed by atoms with Gasteiger partial charge in [-0.2, -0.15) is 0 Å². The van der Waals surface area contributed by atoms with E-state index in [9.17, 15) is 4.79 Å². The number of benzene rings is 2. The smallest absolute Gasteiger partial charge is 0.252 e. The first-order valence-electron chi connectivity index (χ1n) is 13.5. The normalized spacial score (nSPS) is 16.4. The topological polar surface area (TPSA) is 98.2 Å². The number of aryl methyl sites for hydroxylation is 1. The molecule has 200 valence electrons. The van der Waals surface area contributed by atoms with E-state index in [0.717, 1.165) is 48.3 Å². The molecule has 2 atom stereocenters. The summed E-state index contributed by atoms with van der Waals surface area (Å²) in [6.45, 7) is 9.29. The fraction of sp³-hybridized carbons (Fsp3) is 0.448. The Morgan fingerprint density at radius 3 is 2.74 bits per heavy atom. The zero-order valence-corrected chi connectivity index (χ0v) is 22.4. The molecule has 1 aliphatic heterocycles. The molecule has 2 aromatic carbocycles. The number of ether oxygens (including phenoxy) is 2. The summed E-state index contributed by atoms with van der Waals surface area (Å²) >= 11 is 0. The quantitative estimate of drug-likeness (QED) is 0.312. The van der Waals surface area contributed by atoms with Gasteiger partial charge in [0, 0.05) is 36.2 Å². The van der Waals surface area contributed by atoms with E-state index in [4.69, 9.17) is 9.47 Å². The number of nitrogens with zero attached hydrogens (tertiary/aromatic N) is 5. The predicted molar refractivity (Wildman–Crippen MR) is 146 cm³/mol. The van der Waals surface area contributed by atoms with Crippen LogP contribution in [0.4, 0.5) is 0 Å². The third kappa shape index (κ3) is 5.95. The van der Waals surface area contributed by atoms with Crippen LogP contribution in [0.25, 0.3) is 10.9 Å². The highest BCUT2D eigenvalue weighted by Crippen LogP contribution is 2.28. The molecule has 0 bridgehead atoms. The lowest BCUT2D eigenvalue weighted by Gasteiger charge is -2.30. The molecule has 0 amide bonds. The van der Waals surface area contributed by atoms with Gasteiger partial charge in [0.25, 0.3) is 5.56 Å². The first-order valence-corrected chi connectivity index (χ1v) is 13.5. The Morgan fingerprint density at radius 2 is 2.00 bits per heavy atom. The Kier molecular flexibility index (Phi) is 8.14. The standard InChI is InChI=1S/C29H36N6O3/c1-4-27(28-31-32-33-35(28)19-25-7-6-14-38-25)34(17-21-10-8-20(3)9-11-21)18-23-15-22-16-24(37-5-2)12-13-26(22)30-29(23)36/h8-13,15-16,25,27H,4-7,14,17-19H2,1-3H3,(H,30,36)/t25-,27-/m1/s1. The monoisotopic (exact) mass is 516 g/mol. The van der Waals surface area contributed by atoms with Crippen molar-refractivity contribution >= 4 is 10.9 Å². The minimum absolute atomic E-state index is 0.0856. The van der Waals surface area contributed by atoms with Crippen LogP contribution in [-0.2, 0) is 24.4 Å². The first kappa shape index (κ1) is 26.1. The molecule has 4 aromatic rings. The molecule has 1 saturated heterocycles. The third-order valence-corrected chi connectivity index (χ3v) is 7.17. The lowest BCUT2D eigenvalue weighted by molar-refractivity contribution is 0.0888. The molecule has 0 unspecified atom stereocenters. The fourth-order valence-electron chi connectivity index (χ4n) is 5.19. The van der Waals surface area contributed by atoms with Crippen molar-refractivity contribution in [2.24, 2.45) is 0 Å². The van der Waals surface area contributed by atoms with E-state index in [1.165, 1.54) is 11.1 Å². The molecule has 0 aliphatic carbocycles. The van der Waals surface area contributed by atoms with E-state index in [0.29, 0.717) is 31.8 Å². The van der Waals surface area contributed by atoms with Gasteiger partial charge in [-0.25, -0.2) is 4.68 Å². The third-order valence-electron chi connectivity index (χ3n) is 7.17. The van der Waals surface area contributed by atoms with Crippen LogP contribution >= 0.6 is 0 Å². The number of hydrogen-bond acceptors (Lipinski definition) is 7. The number of hydrogen-bond donors (Lipinski definition) is 1. The minimum Gasteiger partial charge on any atom is -0.494 e. The highest BCUT2D eigenvalue weighted by atomic mass is 16.5. The zero-order valence-electron chi connectivity index (χ0n) is 22.4. The van der Waals surface area contributed by atoms with Crippen molar-refractivity contribution in [2.75, 3.05) is 13.2 Å². The Morgan fingerprint density at radius 1 is 1.16 bits per heavy atom. The van der Waals surface area contributed by atoms with Gasteiger partial charge in [0.1, 0.15) is 5.75 Å². The van der Waals surface area contributed by atoms with Crippen LogP contribution in [0.15, 0.2) is 53.3 Å². The molecule has 0 radical (unpaired) electrons. The minimum atomic E-state index is -0.0932. The van der Waals surface area contributed by atoms with Crippen LogP contribution in [0.1, 0.15) is 61.7 Å². The van der Waals surface area contributed by atoms with Crippen molar-refractivity contribution in [1.29, 1.82) is 0 Å². The van der Waals surface area contributed by atoms with Crippen molar-refractivity contribution < 1.29 is 9.47 Å². The maximum atomic E-state index is 13.2. The second-order valence-corrected chi connectivity index (χ2v) is 9.97. The maximum Gasteiger partial charge on any atom is 0.252 e. The number of nitrogens with one attached hydrogen (secondary N) is 1. The van der Waals surface area contributed by atoms with Gasteiger partial charge in [-0.05, 0) is 73.4 Å². The second kappa shape index (κ2) is 11.9. The summed E-state index contributed by atoms with van der Waals surface area (Å²) < 4.78 is 13.4. The van der Waals surface area contributed by atoms with Gasteiger partial charge in [-0.3, -0.25) is 9.69 Å². The number of aromatic amines is 1. The number of tetrazole rings is 1. The number of rotatable bonds is 11. The summed E-state index contributed by atoms with van der Waals surface area (Å²) in [5.74, 6) is 1.58. The van der Waals surface area contributed by atoms with E-state index in [1.807, 2.05) is 35.9 Å². The largest absolute Gasteiger partial charge is 0.494 e. The van der Waals surface area contributed by atoms with Gasteiger partial charge in [0.15, 0.2) is 5.82 Å². The van der Waals surface area contributed by atoms with E-state index < -0.39 is 0 Å². The molecule has 3 heterocycles. The molecular weight excluding hydrogens is 480 g/mol. The Bertz CT molecular complexity index is 1410. The summed E-state index contributed by atoms with van der Waals surface area (Å²) in [7, 11) is 0. The van der Waals surface area contributed by atoms with Crippen molar-refractivity contribution in [3.8, 4) is 5.75 Å². The van der Waals surface area contributed by atoms with E-state index >= 15 is 0 Å². The van der Waals surface area contributed by atoms with Crippen LogP contribution in [0, 0.1) is 6.92 Å². The molecule has 1 aliphatic rings. The van der Waals surface area contributed by atoms with E-state index in [1.54, 1.807) is 0 Å².